The third kappa shape index (κ3) is 3.71. The Morgan fingerprint density at radius 3 is 2.47 bits per heavy atom. The van der Waals surface area contributed by atoms with Crippen molar-refractivity contribution < 1.29 is 4.74 Å². The Balaban J connectivity index is 1.82. The molecule has 0 radical (unpaired) electrons. The second-order valence-corrected chi connectivity index (χ2v) is 3.85. The molecule has 0 aliphatic rings. The molecule has 1 aromatic carbocycles. The molecule has 4 heteroatoms. The molecule has 0 unspecified atom stereocenters. The topological polar surface area (TPSA) is 35.0 Å². The average molecular weight is 249 g/mol. The summed E-state index contributed by atoms with van der Waals surface area (Å²) in [5.74, 6) is 0.909. The fraction of sp³-hybridized carbons (Fsp3) is 0.231. The van der Waals surface area contributed by atoms with Gasteiger partial charge in [0.25, 0.3) is 0 Å². The fourth-order valence-corrected chi connectivity index (χ4v) is 1.56. The Kier molecular flexibility index (Phi) is 4.33. The lowest BCUT2D eigenvalue weighted by atomic mass is 10.2. The van der Waals surface area contributed by atoms with Gasteiger partial charge >= 0.3 is 0 Å². The lowest BCUT2D eigenvalue weighted by Gasteiger charge is -2.04. The number of hydrogen-bond donors (Lipinski definition) is 0. The maximum atomic E-state index is 5.62. The highest BCUT2D eigenvalue weighted by atomic mass is 35.5. The van der Waals surface area contributed by atoms with Gasteiger partial charge in [0, 0.05) is 12.5 Å². The van der Waals surface area contributed by atoms with Gasteiger partial charge in [-0.25, -0.2) is 0 Å². The van der Waals surface area contributed by atoms with Crippen LogP contribution in [0.15, 0.2) is 42.5 Å². The van der Waals surface area contributed by atoms with Gasteiger partial charge in [-0.15, -0.1) is 16.7 Å². The second-order valence-electron chi connectivity index (χ2n) is 3.58. The molecule has 1 aromatic heterocycles. The second kappa shape index (κ2) is 6.21. The summed E-state index contributed by atoms with van der Waals surface area (Å²) in [6.45, 7) is 0.596. The maximum absolute atomic E-state index is 5.62. The van der Waals surface area contributed by atoms with Crippen LogP contribution in [0.4, 0.5) is 0 Å². The number of benzene rings is 1. The van der Waals surface area contributed by atoms with Crippen LogP contribution in [0.1, 0.15) is 11.3 Å². The van der Waals surface area contributed by atoms with Crippen LogP contribution in [-0.2, 0) is 12.3 Å². The van der Waals surface area contributed by atoms with Crippen molar-refractivity contribution in [1.29, 1.82) is 0 Å². The molecule has 3 nitrogen and oxygen atoms in total. The number of halogens is 1. The summed E-state index contributed by atoms with van der Waals surface area (Å²) in [7, 11) is 0. The highest BCUT2D eigenvalue weighted by Crippen LogP contribution is 2.07. The molecule has 0 saturated carbocycles. The zero-order valence-corrected chi connectivity index (χ0v) is 10.1. The van der Waals surface area contributed by atoms with Gasteiger partial charge in [0.05, 0.1) is 18.2 Å². The Labute approximate surface area is 105 Å². The summed E-state index contributed by atoms with van der Waals surface area (Å²) in [6.07, 6.45) is 0.861. The van der Waals surface area contributed by atoms with Crippen LogP contribution >= 0.6 is 11.6 Å². The van der Waals surface area contributed by atoms with Crippen molar-refractivity contribution in [2.24, 2.45) is 0 Å². The van der Waals surface area contributed by atoms with Crippen LogP contribution in [0.5, 0.6) is 5.88 Å². The Hall–Kier alpha value is -1.61. The van der Waals surface area contributed by atoms with Gasteiger partial charge in [-0.2, -0.15) is 5.10 Å². The number of alkyl halides is 1. The molecule has 88 valence electrons. The zero-order valence-electron chi connectivity index (χ0n) is 9.34. The molecule has 17 heavy (non-hydrogen) atoms. The van der Waals surface area contributed by atoms with E-state index in [4.69, 9.17) is 16.3 Å². The van der Waals surface area contributed by atoms with Gasteiger partial charge < -0.3 is 4.74 Å². The average Bonchev–Trinajstić information content (AvgIpc) is 2.41. The van der Waals surface area contributed by atoms with E-state index in [-0.39, 0.29) is 0 Å². The van der Waals surface area contributed by atoms with E-state index in [0.717, 1.165) is 12.1 Å². The molecule has 0 spiro atoms. The molecule has 0 amide bonds. The van der Waals surface area contributed by atoms with Gasteiger partial charge in [0.2, 0.25) is 5.88 Å². The predicted octanol–water partition coefficient (Wildman–Crippen LogP) is 2.84. The number of nitrogens with zero attached hydrogens (tertiary/aromatic N) is 2. The minimum atomic E-state index is 0.372. The normalized spacial score (nSPS) is 10.2. The molecule has 2 aromatic rings. The van der Waals surface area contributed by atoms with Crippen molar-refractivity contribution in [1.82, 2.24) is 10.2 Å². The minimum absolute atomic E-state index is 0.372. The quantitative estimate of drug-likeness (QED) is 0.764. The van der Waals surface area contributed by atoms with E-state index >= 15 is 0 Å². The third-order valence-electron chi connectivity index (χ3n) is 2.32. The number of rotatable bonds is 5. The molecule has 0 saturated heterocycles. The van der Waals surface area contributed by atoms with E-state index in [2.05, 4.69) is 22.3 Å². The summed E-state index contributed by atoms with van der Waals surface area (Å²) in [4.78, 5) is 0. The van der Waals surface area contributed by atoms with Gasteiger partial charge in [-0.1, -0.05) is 30.3 Å². The SMILES string of the molecule is ClCc1ccc(OCCc2ccccc2)nn1. The summed E-state index contributed by atoms with van der Waals surface area (Å²) < 4.78 is 5.49. The Bertz CT molecular complexity index is 445. The summed E-state index contributed by atoms with van der Waals surface area (Å²) in [5, 5.41) is 7.84. The molecule has 0 N–H and O–H groups in total. The van der Waals surface area contributed by atoms with Crippen molar-refractivity contribution in [3.8, 4) is 5.88 Å². The number of ether oxygens (including phenoxy) is 1. The van der Waals surface area contributed by atoms with Crippen molar-refractivity contribution in [2.45, 2.75) is 12.3 Å². The van der Waals surface area contributed by atoms with Crippen LogP contribution in [-0.4, -0.2) is 16.8 Å². The molecule has 0 bridgehead atoms. The van der Waals surface area contributed by atoms with E-state index < -0.39 is 0 Å². The van der Waals surface area contributed by atoms with Gasteiger partial charge in [-0.3, -0.25) is 0 Å². The van der Waals surface area contributed by atoms with Gasteiger partial charge in [-0.05, 0) is 11.6 Å². The monoisotopic (exact) mass is 248 g/mol. The molecular formula is C13H13ClN2O. The largest absolute Gasteiger partial charge is 0.476 e. The lowest BCUT2D eigenvalue weighted by Crippen LogP contribution is -2.03. The van der Waals surface area contributed by atoms with Crippen LogP contribution in [0, 0.1) is 0 Å². The molecule has 0 atom stereocenters. The first-order chi connectivity index (χ1) is 8.38. The van der Waals surface area contributed by atoms with Crippen LogP contribution in [0.3, 0.4) is 0 Å². The molecular weight excluding hydrogens is 236 g/mol. The maximum Gasteiger partial charge on any atom is 0.233 e. The third-order valence-corrected chi connectivity index (χ3v) is 2.59. The highest BCUT2D eigenvalue weighted by molar-refractivity contribution is 6.16. The van der Waals surface area contributed by atoms with Crippen molar-refractivity contribution in [3.05, 3.63) is 53.7 Å². The first-order valence-corrected chi connectivity index (χ1v) is 5.97. The van der Waals surface area contributed by atoms with E-state index in [1.54, 1.807) is 6.07 Å². The Morgan fingerprint density at radius 2 is 1.82 bits per heavy atom. The molecule has 1 heterocycles. The van der Waals surface area contributed by atoms with Crippen LogP contribution < -0.4 is 4.74 Å². The van der Waals surface area contributed by atoms with Crippen molar-refractivity contribution >= 4 is 11.6 Å². The van der Waals surface area contributed by atoms with E-state index in [9.17, 15) is 0 Å². The molecule has 0 fully saturated rings. The molecule has 0 aliphatic heterocycles. The fourth-order valence-electron chi connectivity index (χ4n) is 1.41. The van der Waals surface area contributed by atoms with Gasteiger partial charge in [0.15, 0.2) is 0 Å². The molecule has 0 aliphatic carbocycles. The Morgan fingerprint density at radius 1 is 1.00 bits per heavy atom. The zero-order chi connectivity index (χ0) is 11.9. The first kappa shape index (κ1) is 11.9. The van der Waals surface area contributed by atoms with Crippen molar-refractivity contribution in [2.75, 3.05) is 6.61 Å². The summed E-state index contributed by atoms with van der Waals surface area (Å²) in [5.41, 5.74) is 2.00. The minimum Gasteiger partial charge on any atom is -0.476 e. The van der Waals surface area contributed by atoms with Crippen LogP contribution in [0.2, 0.25) is 0 Å². The lowest BCUT2D eigenvalue weighted by molar-refractivity contribution is 0.305. The molecule has 2 rings (SSSR count). The highest BCUT2D eigenvalue weighted by Gasteiger charge is 1.98. The van der Waals surface area contributed by atoms with E-state index in [1.807, 2.05) is 24.3 Å². The van der Waals surface area contributed by atoms with E-state index in [1.165, 1.54) is 5.56 Å². The van der Waals surface area contributed by atoms with E-state index in [0.29, 0.717) is 18.4 Å². The van der Waals surface area contributed by atoms with Crippen LogP contribution in [0.25, 0.3) is 0 Å². The standard InChI is InChI=1S/C13H13ClN2O/c14-10-12-6-7-13(16-15-12)17-9-8-11-4-2-1-3-5-11/h1-7H,8-10H2. The van der Waals surface area contributed by atoms with Crippen molar-refractivity contribution in [3.63, 3.8) is 0 Å². The first-order valence-electron chi connectivity index (χ1n) is 5.44. The summed E-state index contributed by atoms with van der Waals surface area (Å²) >= 11 is 5.62. The van der Waals surface area contributed by atoms with Gasteiger partial charge in [0.1, 0.15) is 0 Å². The smallest absolute Gasteiger partial charge is 0.233 e. The number of hydrogen-bond acceptors (Lipinski definition) is 3. The predicted molar refractivity (Wildman–Crippen MR) is 67.2 cm³/mol. The summed E-state index contributed by atoms with van der Waals surface area (Å²) in [6, 6.07) is 13.8. The number of aromatic nitrogens is 2.